The smallest absolute Gasteiger partial charge is 0.0103 e. The van der Waals surface area contributed by atoms with Crippen LogP contribution in [0.2, 0.25) is 0 Å². The predicted molar refractivity (Wildman–Crippen MR) is 67.2 cm³/mol. The summed E-state index contributed by atoms with van der Waals surface area (Å²) in [6.07, 6.45) is 1.03. The maximum absolute atomic E-state index is 6.05. The van der Waals surface area contributed by atoms with Gasteiger partial charge in [0.2, 0.25) is 0 Å². The highest BCUT2D eigenvalue weighted by Gasteiger charge is 2.12. The second-order valence-corrected chi connectivity index (χ2v) is 4.68. The van der Waals surface area contributed by atoms with Crippen LogP contribution < -0.4 is 5.73 Å². The van der Waals surface area contributed by atoms with Crippen molar-refractivity contribution >= 4 is 0 Å². The Morgan fingerprint density at radius 2 is 1.47 bits per heavy atom. The molecule has 0 amide bonds. The fourth-order valence-electron chi connectivity index (χ4n) is 1.79. The van der Waals surface area contributed by atoms with Crippen molar-refractivity contribution in [1.82, 2.24) is 0 Å². The van der Waals surface area contributed by atoms with Gasteiger partial charge in [-0.3, -0.25) is 0 Å². The quantitative estimate of drug-likeness (QED) is 0.797. The zero-order valence-electron chi connectivity index (χ0n) is 10.3. The van der Waals surface area contributed by atoms with Crippen LogP contribution in [0.4, 0.5) is 0 Å². The number of rotatable bonds is 4. The SMILES string of the molecule is CCC(N)C(C)c1ccc(C(C)C)cc1. The van der Waals surface area contributed by atoms with Crippen LogP contribution in [0.3, 0.4) is 0 Å². The maximum Gasteiger partial charge on any atom is 0.0103 e. The van der Waals surface area contributed by atoms with Crippen LogP contribution >= 0.6 is 0 Å². The van der Waals surface area contributed by atoms with Crippen molar-refractivity contribution < 1.29 is 0 Å². The molecular weight excluding hydrogens is 182 g/mol. The molecule has 0 bridgehead atoms. The minimum absolute atomic E-state index is 0.273. The van der Waals surface area contributed by atoms with Gasteiger partial charge in [0, 0.05) is 6.04 Å². The molecule has 2 atom stereocenters. The summed E-state index contributed by atoms with van der Waals surface area (Å²) in [5, 5.41) is 0. The highest BCUT2D eigenvalue weighted by molar-refractivity contribution is 5.27. The van der Waals surface area contributed by atoms with E-state index in [1.54, 1.807) is 0 Å². The summed E-state index contributed by atoms with van der Waals surface area (Å²) >= 11 is 0. The minimum Gasteiger partial charge on any atom is -0.327 e. The molecule has 0 spiro atoms. The summed E-state index contributed by atoms with van der Waals surface area (Å²) in [6, 6.07) is 9.15. The molecule has 84 valence electrons. The fraction of sp³-hybridized carbons (Fsp3) is 0.571. The number of benzene rings is 1. The van der Waals surface area contributed by atoms with E-state index in [2.05, 4.69) is 52.0 Å². The average Bonchev–Trinajstić information content (AvgIpc) is 2.27. The van der Waals surface area contributed by atoms with E-state index in [1.807, 2.05) is 0 Å². The van der Waals surface area contributed by atoms with Gasteiger partial charge in [0.15, 0.2) is 0 Å². The van der Waals surface area contributed by atoms with Gasteiger partial charge in [-0.1, -0.05) is 52.0 Å². The molecule has 1 heteroatoms. The molecule has 2 unspecified atom stereocenters. The standard InChI is InChI=1S/C14H23N/c1-5-14(15)11(4)13-8-6-12(7-9-13)10(2)3/h6-11,14H,5,15H2,1-4H3. The van der Waals surface area contributed by atoms with E-state index in [1.165, 1.54) is 11.1 Å². The van der Waals surface area contributed by atoms with Crippen molar-refractivity contribution in [1.29, 1.82) is 0 Å². The normalized spacial score (nSPS) is 15.3. The third kappa shape index (κ3) is 3.07. The number of nitrogens with two attached hydrogens (primary N) is 1. The highest BCUT2D eigenvalue weighted by Crippen LogP contribution is 2.22. The third-order valence-corrected chi connectivity index (χ3v) is 3.24. The van der Waals surface area contributed by atoms with Crippen LogP contribution in [0.25, 0.3) is 0 Å². The minimum atomic E-state index is 0.273. The van der Waals surface area contributed by atoms with Crippen LogP contribution in [-0.4, -0.2) is 6.04 Å². The molecule has 0 aliphatic heterocycles. The van der Waals surface area contributed by atoms with Gasteiger partial charge in [-0.05, 0) is 29.4 Å². The average molecular weight is 205 g/mol. The van der Waals surface area contributed by atoms with E-state index in [0.29, 0.717) is 11.8 Å². The molecule has 1 nitrogen and oxygen atoms in total. The number of hydrogen-bond acceptors (Lipinski definition) is 1. The molecule has 0 aliphatic carbocycles. The topological polar surface area (TPSA) is 26.0 Å². The fourth-order valence-corrected chi connectivity index (χ4v) is 1.79. The molecule has 15 heavy (non-hydrogen) atoms. The molecule has 1 aromatic carbocycles. The lowest BCUT2D eigenvalue weighted by molar-refractivity contribution is 0.551. The Bertz CT molecular complexity index is 287. The molecule has 0 heterocycles. The monoisotopic (exact) mass is 205 g/mol. The first-order chi connectivity index (χ1) is 7.06. The Kier molecular flexibility index (Phi) is 4.34. The third-order valence-electron chi connectivity index (χ3n) is 3.24. The van der Waals surface area contributed by atoms with E-state index >= 15 is 0 Å². The Labute approximate surface area is 93.7 Å². The summed E-state index contributed by atoms with van der Waals surface area (Å²) in [7, 11) is 0. The van der Waals surface area contributed by atoms with Crippen molar-refractivity contribution in [3.05, 3.63) is 35.4 Å². The molecule has 1 aromatic rings. The van der Waals surface area contributed by atoms with E-state index in [9.17, 15) is 0 Å². The van der Waals surface area contributed by atoms with Crippen molar-refractivity contribution in [2.75, 3.05) is 0 Å². The molecule has 0 aromatic heterocycles. The van der Waals surface area contributed by atoms with Crippen LogP contribution in [0, 0.1) is 0 Å². The Morgan fingerprint density at radius 1 is 1.00 bits per heavy atom. The predicted octanol–water partition coefficient (Wildman–Crippen LogP) is 3.65. The van der Waals surface area contributed by atoms with Crippen molar-refractivity contribution in [3.63, 3.8) is 0 Å². The maximum atomic E-state index is 6.05. The van der Waals surface area contributed by atoms with Crippen LogP contribution in [0.5, 0.6) is 0 Å². The zero-order chi connectivity index (χ0) is 11.4. The number of hydrogen-bond donors (Lipinski definition) is 1. The largest absolute Gasteiger partial charge is 0.327 e. The molecule has 0 saturated heterocycles. The Hall–Kier alpha value is -0.820. The van der Waals surface area contributed by atoms with E-state index < -0.39 is 0 Å². The summed E-state index contributed by atoms with van der Waals surface area (Å²) < 4.78 is 0. The highest BCUT2D eigenvalue weighted by atomic mass is 14.6. The van der Waals surface area contributed by atoms with Gasteiger partial charge < -0.3 is 5.73 Å². The summed E-state index contributed by atoms with van der Waals surface area (Å²) in [5.41, 5.74) is 8.80. The van der Waals surface area contributed by atoms with Crippen LogP contribution in [-0.2, 0) is 0 Å². The van der Waals surface area contributed by atoms with Gasteiger partial charge in [-0.15, -0.1) is 0 Å². The van der Waals surface area contributed by atoms with Gasteiger partial charge in [-0.25, -0.2) is 0 Å². The summed E-state index contributed by atoms with van der Waals surface area (Å²) in [6.45, 7) is 8.79. The second kappa shape index (κ2) is 5.32. The van der Waals surface area contributed by atoms with Gasteiger partial charge >= 0.3 is 0 Å². The first-order valence-electron chi connectivity index (χ1n) is 5.91. The van der Waals surface area contributed by atoms with Crippen LogP contribution in [0.15, 0.2) is 24.3 Å². The molecule has 0 fully saturated rings. The Morgan fingerprint density at radius 3 is 1.87 bits per heavy atom. The van der Waals surface area contributed by atoms with Gasteiger partial charge in [-0.2, -0.15) is 0 Å². The van der Waals surface area contributed by atoms with Gasteiger partial charge in [0.25, 0.3) is 0 Å². The van der Waals surface area contributed by atoms with Gasteiger partial charge in [0.1, 0.15) is 0 Å². The van der Waals surface area contributed by atoms with E-state index in [4.69, 9.17) is 5.73 Å². The lowest BCUT2D eigenvalue weighted by atomic mass is 9.90. The molecule has 1 rings (SSSR count). The Balaban J connectivity index is 2.79. The molecule has 0 saturated carbocycles. The first-order valence-corrected chi connectivity index (χ1v) is 5.91. The molecule has 0 radical (unpaired) electrons. The van der Waals surface area contributed by atoms with Gasteiger partial charge in [0.05, 0.1) is 0 Å². The summed E-state index contributed by atoms with van der Waals surface area (Å²) in [4.78, 5) is 0. The molecule has 0 aliphatic rings. The zero-order valence-corrected chi connectivity index (χ0v) is 10.3. The van der Waals surface area contributed by atoms with Crippen molar-refractivity contribution in [2.45, 2.75) is 52.0 Å². The van der Waals surface area contributed by atoms with E-state index in [0.717, 1.165) is 6.42 Å². The van der Waals surface area contributed by atoms with Crippen LogP contribution in [0.1, 0.15) is 57.1 Å². The lowest BCUT2D eigenvalue weighted by Gasteiger charge is -2.19. The van der Waals surface area contributed by atoms with Crippen molar-refractivity contribution in [3.8, 4) is 0 Å². The first kappa shape index (κ1) is 12.3. The molecular formula is C14H23N. The van der Waals surface area contributed by atoms with Crippen molar-refractivity contribution in [2.24, 2.45) is 5.73 Å². The summed E-state index contributed by atoms with van der Waals surface area (Å²) in [5.74, 6) is 1.06. The molecule has 2 N–H and O–H groups in total. The van der Waals surface area contributed by atoms with E-state index in [-0.39, 0.29) is 6.04 Å². The lowest BCUT2D eigenvalue weighted by Crippen LogP contribution is -2.25. The second-order valence-electron chi connectivity index (χ2n) is 4.68.